The molecule has 0 spiro atoms. The van der Waals surface area contributed by atoms with Crippen LogP contribution in [0.3, 0.4) is 0 Å². The van der Waals surface area contributed by atoms with Gasteiger partial charge in [0.25, 0.3) is 5.91 Å². The largest absolute Gasteiger partial charge is 0.503 e. The predicted octanol–water partition coefficient (Wildman–Crippen LogP) is 5.86. The summed E-state index contributed by atoms with van der Waals surface area (Å²) in [4.78, 5) is 30.8. The van der Waals surface area contributed by atoms with Gasteiger partial charge in [-0.2, -0.15) is 0 Å². The Kier molecular flexibility index (Phi) is 10.2. The fraction of sp³-hybridized carbons (Fsp3) is 0.517. The first-order chi connectivity index (χ1) is 17.4. The van der Waals surface area contributed by atoms with Gasteiger partial charge in [-0.3, -0.25) is 9.59 Å². The second-order valence-corrected chi connectivity index (χ2v) is 9.31. The fourth-order valence-corrected chi connectivity index (χ4v) is 4.66. The van der Waals surface area contributed by atoms with Crippen molar-refractivity contribution in [2.75, 3.05) is 32.8 Å². The van der Waals surface area contributed by atoms with Gasteiger partial charge >= 0.3 is 0 Å². The molecule has 196 valence electrons. The minimum atomic E-state index is -0.712. The maximum atomic E-state index is 13.4. The van der Waals surface area contributed by atoms with Crippen LogP contribution >= 0.6 is 0 Å². The van der Waals surface area contributed by atoms with Gasteiger partial charge in [0.1, 0.15) is 11.5 Å². The highest BCUT2D eigenvalue weighted by Gasteiger charge is 2.44. The number of benzene rings is 1. The molecule has 2 heterocycles. The summed E-state index contributed by atoms with van der Waals surface area (Å²) < 4.78 is 11.2. The Bertz CT molecular complexity index is 1050. The van der Waals surface area contributed by atoms with Gasteiger partial charge in [0.2, 0.25) is 5.78 Å². The maximum Gasteiger partial charge on any atom is 0.290 e. The zero-order chi connectivity index (χ0) is 26.1. The third-order valence-electron chi connectivity index (χ3n) is 6.53. The first-order valence-electron chi connectivity index (χ1n) is 13.2. The molecule has 0 unspecified atom stereocenters. The monoisotopic (exact) mass is 496 g/mol. The van der Waals surface area contributed by atoms with Crippen LogP contribution in [-0.4, -0.2) is 59.4 Å². The topological polar surface area (TPSA) is 83.2 Å². The number of carbonyl (C=O) groups is 2. The molecule has 1 amide bonds. The van der Waals surface area contributed by atoms with Gasteiger partial charge in [0.05, 0.1) is 18.2 Å². The average molecular weight is 497 g/mol. The molecule has 1 aromatic carbocycles. The molecule has 0 saturated heterocycles. The Morgan fingerprint density at radius 1 is 1.06 bits per heavy atom. The lowest BCUT2D eigenvalue weighted by molar-refractivity contribution is -0.129. The van der Waals surface area contributed by atoms with Crippen LogP contribution < -0.4 is 4.74 Å². The lowest BCUT2D eigenvalue weighted by atomic mass is 9.95. The number of hydrogen-bond donors (Lipinski definition) is 1. The molecule has 1 aliphatic heterocycles. The van der Waals surface area contributed by atoms with Gasteiger partial charge in [0.15, 0.2) is 11.5 Å². The number of hydrogen-bond acceptors (Lipinski definition) is 6. The molecule has 1 aromatic heterocycles. The Morgan fingerprint density at radius 3 is 2.36 bits per heavy atom. The second kappa shape index (κ2) is 13.3. The van der Waals surface area contributed by atoms with E-state index in [1.807, 2.05) is 31.2 Å². The van der Waals surface area contributed by atoms with E-state index in [-0.39, 0.29) is 11.3 Å². The van der Waals surface area contributed by atoms with E-state index in [4.69, 9.17) is 9.15 Å². The highest BCUT2D eigenvalue weighted by molar-refractivity contribution is 6.15. The van der Waals surface area contributed by atoms with Crippen molar-refractivity contribution < 1.29 is 23.8 Å². The normalized spacial score (nSPS) is 15.9. The van der Waals surface area contributed by atoms with E-state index in [1.54, 1.807) is 24.0 Å². The van der Waals surface area contributed by atoms with Crippen molar-refractivity contribution in [2.24, 2.45) is 0 Å². The molecular formula is C29H40N2O5. The van der Waals surface area contributed by atoms with E-state index >= 15 is 0 Å². The Hall–Kier alpha value is -3.06. The predicted molar refractivity (Wildman–Crippen MR) is 140 cm³/mol. The standard InChI is InChI=1S/C29H40N2O5/c1-5-8-16-30(17-9-6-2)18-11-19-31-26(22-12-10-13-23(20-22)35-7-3)25(28(33)29(31)34)27(32)24-15-14-21(4)36-24/h10,12-15,20,26,33H,5-9,11,16-19H2,1-4H3/t26-/m1/s1. The smallest absolute Gasteiger partial charge is 0.290 e. The molecule has 7 heteroatoms. The van der Waals surface area contributed by atoms with Crippen LogP contribution in [0.4, 0.5) is 0 Å². The number of aliphatic hydroxyl groups excluding tert-OH is 1. The van der Waals surface area contributed by atoms with Crippen molar-refractivity contribution in [3.8, 4) is 5.75 Å². The summed E-state index contributed by atoms with van der Waals surface area (Å²) in [5, 5.41) is 10.9. The first kappa shape index (κ1) is 27.5. The van der Waals surface area contributed by atoms with Gasteiger partial charge in [0, 0.05) is 6.54 Å². The third-order valence-corrected chi connectivity index (χ3v) is 6.53. The van der Waals surface area contributed by atoms with Crippen LogP contribution in [0, 0.1) is 6.92 Å². The van der Waals surface area contributed by atoms with E-state index in [0.717, 1.165) is 57.3 Å². The second-order valence-electron chi connectivity index (χ2n) is 9.31. The third kappa shape index (κ3) is 6.58. The number of unbranched alkanes of at least 4 members (excludes halogenated alkanes) is 2. The lowest BCUT2D eigenvalue weighted by Crippen LogP contribution is -2.35. The number of rotatable bonds is 15. The van der Waals surface area contributed by atoms with E-state index in [0.29, 0.717) is 24.7 Å². The number of nitrogens with zero attached hydrogens (tertiary/aromatic N) is 2. The van der Waals surface area contributed by atoms with Gasteiger partial charge in [-0.15, -0.1) is 0 Å². The van der Waals surface area contributed by atoms with Crippen LogP contribution in [0.1, 0.15) is 80.8 Å². The summed E-state index contributed by atoms with van der Waals surface area (Å²) in [6, 6.07) is 9.95. The summed E-state index contributed by atoms with van der Waals surface area (Å²) in [5.41, 5.74) is 0.774. The number of aliphatic hydroxyl groups is 1. The molecule has 0 radical (unpaired) electrons. The first-order valence-corrected chi connectivity index (χ1v) is 13.2. The Morgan fingerprint density at radius 2 is 1.75 bits per heavy atom. The SMILES string of the molecule is CCCCN(CCCC)CCCN1C(=O)C(O)=C(C(=O)c2ccc(C)o2)[C@H]1c1cccc(OCC)c1. The summed E-state index contributed by atoms with van der Waals surface area (Å²) in [6.45, 7) is 11.9. The Balaban J connectivity index is 1.88. The van der Waals surface area contributed by atoms with E-state index in [1.165, 1.54) is 0 Å². The van der Waals surface area contributed by atoms with Gasteiger partial charge in [-0.1, -0.05) is 38.8 Å². The molecule has 0 saturated carbocycles. The summed E-state index contributed by atoms with van der Waals surface area (Å²) >= 11 is 0. The van der Waals surface area contributed by atoms with Crippen molar-refractivity contribution in [1.29, 1.82) is 0 Å². The van der Waals surface area contributed by atoms with Crippen molar-refractivity contribution in [3.63, 3.8) is 0 Å². The van der Waals surface area contributed by atoms with Crippen LogP contribution in [0.15, 0.2) is 52.1 Å². The quantitative estimate of drug-likeness (QED) is 0.311. The number of ether oxygens (including phenoxy) is 1. The fourth-order valence-electron chi connectivity index (χ4n) is 4.66. The number of furan rings is 1. The summed E-state index contributed by atoms with van der Waals surface area (Å²) in [7, 11) is 0. The van der Waals surface area contributed by atoms with Crippen molar-refractivity contribution in [1.82, 2.24) is 9.80 Å². The summed E-state index contributed by atoms with van der Waals surface area (Å²) in [6.07, 6.45) is 5.31. The zero-order valence-corrected chi connectivity index (χ0v) is 22.1. The van der Waals surface area contributed by atoms with Gasteiger partial charge < -0.3 is 24.1 Å². The van der Waals surface area contributed by atoms with Crippen molar-refractivity contribution >= 4 is 11.7 Å². The molecule has 1 N–H and O–H groups in total. The minimum Gasteiger partial charge on any atom is -0.503 e. The van der Waals surface area contributed by atoms with E-state index in [9.17, 15) is 14.7 Å². The van der Waals surface area contributed by atoms with Crippen molar-refractivity contribution in [2.45, 2.75) is 65.8 Å². The molecular weight excluding hydrogens is 456 g/mol. The van der Waals surface area contributed by atoms with Crippen LogP contribution in [0.5, 0.6) is 5.75 Å². The molecule has 2 aromatic rings. The molecule has 1 aliphatic rings. The zero-order valence-electron chi connectivity index (χ0n) is 22.1. The van der Waals surface area contributed by atoms with Gasteiger partial charge in [-0.05, 0) is 82.6 Å². The molecule has 0 bridgehead atoms. The van der Waals surface area contributed by atoms with Gasteiger partial charge in [-0.25, -0.2) is 0 Å². The number of ketones is 1. The molecule has 0 aliphatic carbocycles. The molecule has 0 fully saturated rings. The minimum absolute atomic E-state index is 0.0526. The van der Waals surface area contributed by atoms with Crippen LogP contribution in [-0.2, 0) is 4.79 Å². The van der Waals surface area contributed by atoms with Crippen molar-refractivity contribution in [3.05, 3.63) is 64.8 Å². The molecule has 3 rings (SSSR count). The highest BCUT2D eigenvalue weighted by atomic mass is 16.5. The van der Waals surface area contributed by atoms with E-state index < -0.39 is 23.5 Å². The average Bonchev–Trinajstić information content (AvgIpc) is 3.42. The number of amides is 1. The molecule has 7 nitrogen and oxygen atoms in total. The van der Waals surface area contributed by atoms with E-state index in [2.05, 4.69) is 18.7 Å². The summed E-state index contributed by atoms with van der Waals surface area (Å²) in [5.74, 6) is -0.152. The highest BCUT2D eigenvalue weighted by Crippen LogP contribution is 2.40. The number of Topliss-reactive ketones (excluding diaryl/α,β-unsaturated/α-hetero) is 1. The molecule has 36 heavy (non-hydrogen) atoms. The molecule has 1 atom stereocenters. The Labute approximate surface area is 214 Å². The maximum absolute atomic E-state index is 13.4. The van der Waals surface area contributed by atoms with Crippen LogP contribution in [0.25, 0.3) is 0 Å². The lowest BCUT2D eigenvalue weighted by Gasteiger charge is -2.28. The number of carbonyl (C=O) groups excluding carboxylic acids is 2. The number of aryl methyl sites for hydroxylation is 1. The van der Waals surface area contributed by atoms with Crippen LogP contribution in [0.2, 0.25) is 0 Å².